The van der Waals surface area contributed by atoms with E-state index in [2.05, 4.69) is 6.07 Å². The Morgan fingerprint density at radius 1 is 1.38 bits per heavy atom. The minimum absolute atomic E-state index is 0.0722. The van der Waals surface area contributed by atoms with Gasteiger partial charge >= 0.3 is 0 Å². The second-order valence-corrected chi connectivity index (χ2v) is 8.90. The van der Waals surface area contributed by atoms with Crippen molar-refractivity contribution in [2.45, 2.75) is 11.4 Å². The molecule has 1 aliphatic rings. The van der Waals surface area contributed by atoms with Gasteiger partial charge in [0, 0.05) is 25.7 Å². The van der Waals surface area contributed by atoms with Crippen molar-refractivity contribution in [1.29, 1.82) is 5.41 Å². The van der Waals surface area contributed by atoms with E-state index < -0.39 is 0 Å². The molecule has 3 N–H and O–H groups in total. The van der Waals surface area contributed by atoms with Crippen molar-refractivity contribution in [3.8, 4) is 5.88 Å². The monoisotopic (exact) mass is 395 g/mol. The van der Waals surface area contributed by atoms with Crippen molar-refractivity contribution in [1.82, 2.24) is 9.13 Å². The topological polar surface area (TPSA) is 74.2 Å². The highest BCUT2D eigenvalue weighted by molar-refractivity contribution is 8.15. The maximum absolute atomic E-state index is 10.4. The number of aromatic nitrogens is 2. The summed E-state index contributed by atoms with van der Waals surface area (Å²) in [5.41, 5.74) is 0.631. The number of thiophene rings is 2. The third-order valence-electron chi connectivity index (χ3n) is 3.81. The van der Waals surface area contributed by atoms with Crippen LogP contribution in [0, 0.1) is 10.2 Å². The molecule has 4 rings (SSSR count). The number of aromatic hydroxyl groups is 1. The molecule has 0 fully saturated rings. The largest absolute Gasteiger partial charge is 0.493 e. The van der Waals surface area contributed by atoms with Gasteiger partial charge in [-0.25, -0.2) is 0 Å². The van der Waals surface area contributed by atoms with E-state index in [4.69, 9.17) is 22.7 Å². The lowest BCUT2D eigenvalue weighted by molar-refractivity contribution is 0.266. The Balaban J connectivity index is 1.87. The van der Waals surface area contributed by atoms with Gasteiger partial charge in [-0.05, 0) is 30.4 Å². The van der Waals surface area contributed by atoms with E-state index in [9.17, 15) is 5.11 Å². The fourth-order valence-electron chi connectivity index (χ4n) is 2.69. The third-order valence-corrected chi connectivity index (χ3v) is 7.84. The number of thioether (sulfide) groups is 1. The minimum atomic E-state index is -0.0775. The highest BCUT2D eigenvalue weighted by Crippen LogP contribution is 2.35. The molecule has 124 valence electrons. The van der Waals surface area contributed by atoms with Crippen molar-refractivity contribution in [2.24, 2.45) is 7.05 Å². The Bertz CT molecular complexity index is 1160. The molecule has 0 unspecified atom stereocenters. The predicted molar refractivity (Wildman–Crippen MR) is 104 cm³/mol. The van der Waals surface area contributed by atoms with Gasteiger partial charge in [0.2, 0.25) is 5.88 Å². The molecule has 4 heterocycles. The summed E-state index contributed by atoms with van der Waals surface area (Å²) in [7, 11) is 1.81. The quantitative estimate of drug-likeness (QED) is 0.595. The van der Waals surface area contributed by atoms with Gasteiger partial charge in [0.1, 0.15) is 5.69 Å². The van der Waals surface area contributed by atoms with Gasteiger partial charge in [-0.2, -0.15) is 0 Å². The van der Waals surface area contributed by atoms with Crippen molar-refractivity contribution < 1.29 is 10.2 Å². The zero-order chi connectivity index (χ0) is 17.0. The van der Waals surface area contributed by atoms with E-state index in [1.54, 1.807) is 27.2 Å². The summed E-state index contributed by atoms with van der Waals surface area (Å²) in [5, 5.41) is 27.9. The van der Waals surface area contributed by atoms with Gasteiger partial charge in [-0.1, -0.05) is 11.8 Å². The number of aliphatic hydroxyl groups is 1. The summed E-state index contributed by atoms with van der Waals surface area (Å²) in [6.07, 6.45) is 3.82. The zero-order valence-electron chi connectivity index (χ0n) is 12.6. The Morgan fingerprint density at radius 3 is 2.92 bits per heavy atom. The van der Waals surface area contributed by atoms with Crippen LogP contribution in [-0.2, 0) is 13.6 Å². The maximum atomic E-state index is 10.4. The van der Waals surface area contributed by atoms with Gasteiger partial charge < -0.3 is 14.8 Å². The summed E-state index contributed by atoms with van der Waals surface area (Å²) in [6, 6.07) is 2.10. The van der Waals surface area contributed by atoms with E-state index in [0.717, 1.165) is 9.06 Å². The number of hydrogen-bond acceptors (Lipinski definition) is 7. The first-order chi connectivity index (χ1) is 11.5. The number of fused-ring (bicyclic) bond motifs is 3. The number of hydrogen-bond donors (Lipinski definition) is 3. The number of imidazole rings is 1. The molecule has 0 saturated heterocycles. The second kappa shape index (κ2) is 5.85. The molecule has 9 heteroatoms. The number of nitrogens with zero attached hydrogens (tertiary/aromatic N) is 2. The summed E-state index contributed by atoms with van der Waals surface area (Å²) in [5.74, 6) is 0.0722. The van der Waals surface area contributed by atoms with E-state index in [1.807, 2.05) is 19.2 Å². The lowest BCUT2D eigenvalue weighted by Crippen LogP contribution is -2.02. The lowest BCUT2D eigenvalue weighted by Gasteiger charge is -1.99. The number of nitrogens with one attached hydrogen (secondary N) is 1. The summed E-state index contributed by atoms with van der Waals surface area (Å²) in [6.45, 7) is 0.194. The molecule has 0 bridgehead atoms. The van der Waals surface area contributed by atoms with Gasteiger partial charge in [-0.3, -0.25) is 9.98 Å². The lowest BCUT2D eigenvalue weighted by atomic mass is 10.4. The predicted octanol–water partition coefficient (Wildman–Crippen LogP) is 2.22. The fraction of sp³-hybridized carbons (Fsp3) is 0.200. The van der Waals surface area contributed by atoms with Gasteiger partial charge in [0.15, 0.2) is 4.77 Å². The SMILES string of the molecule is Cn1c(C=c2cc3sc4c(c3s2)SC(=N)C=4)c(O)n(CCO)c1=S. The molecule has 5 nitrogen and oxygen atoms in total. The molecule has 3 aromatic rings. The van der Waals surface area contributed by atoms with Gasteiger partial charge in [0.05, 0.1) is 22.9 Å². The number of rotatable bonds is 3. The molecule has 1 aliphatic heterocycles. The standard InChI is InChI=1S/C15H13N3O2S4/c1-17-8(14(20)18(2-3-19)15(17)21)4-7-5-9-12(22-7)13-10(23-9)6-11(16)24-13/h4-6,16,19-20H,2-3H2,1H3. The van der Waals surface area contributed by atoms with Gasteiger partial charge in [0.25, 0.3) is 0 Å². The summed E-state index contributed by atoms with van der Waals surface area (Å²) in [4.78, 5) is 1.17. The normalized spacial score (nSPS) is 14.6. The van der Waals surface area contributed by atoms with E-state index >= 15 is 0 Å². The Kier molecular flexibility index (Phi) is 3.92. The molecule has 0 atom stereocenters. The molecule has 3 aromatic heterocycles. The van der Waals surface area contributed by atoms with Crippen LogP contribution in [0.1, 0.15) is 5.69 Å². The molecule has 0 aromatic carbocycles. The molecule has 24 heavy (non-hydrogen) atoms. The van der Waals surface area contributed by atoms with Crippen molar-refractivity contribution in [3.05, 3.63) is 25.6 Å². The van der Waals surface area contributed by atoms with Crippen LogP contribution in [0.5, 0.6) is 5.88 Å². The van der Waals surface area contributed by atoms with Crippen molar-refractivity contribution in [2.75, 3.05) is 6.61 Å². The van der Waals surface area contributed by atoms with E-state index in [1.165, 1.54) is 30.6 Å². The van der Waals surface area contributed by atoms with E-state index in [-0.39, 0.29) is 19.0 Å². The summed E-state index contributed by atoms with van der Waals surface area (Å²) >= 11 is 10.2. The molecule has 0 amide bonds. The van der Waals surface area contributed by atoms with Crippen LogP contribution in [0.15, 0.2) is 11.0 Å². The van der Waals surface area contributed by atoms with Crippen LogP contribution in [0.2, 0.25) is 0 Å². The fourth-order valence-corrected chi connectivity index (χ4v) is 6.68. The zero-order valence-corrected chi connectivity index (χ0v) is 15.8. The van der Waals surface area contributed by atoms with Gasteiger partial charge in [-0.15, -0.1) is 22.7 Å². The molecular formula is C15H13N3O2S4. The average Bonchev–Trinajstić information content (AvgIpc) is 3.21. The molecule has 0 saturated carbocycles. The first-order valence-electron chi connectivity index (χ1n) is 7.11. The summed E-state index contributed by atoms with van der Waals surface area (Å²) < 4.78 is 8.33. The minimum Gasteiger partial charge on any atom is -0.493 e. The van der Waals surface area contributed by atoms with Crippen LogP contribution >= 0.6 is 46.7 Å². The maximum Gasteiger partial charge on any atom is 0.218 e. The van der Waals surface area contributed by atoms with Crippen LogP contribution < -0.4 is 9.06 Å². The Morgan fingerprint density at radius 2 is 2.17 bits per heavy atom. The number of aliphatic hydroxyl groups excluding tert-OH is 1. The highest BCUT2D eigenvalue weighted by Gasteiger charge is 2.18. The molecule has 0 aliphatic carbocycles. The van der Waals surface area contributed by atoms with E-state index in [0.29, 0.717) is 15.5 Å². The Hall–Kier alpha value is -1.39. The smallest absolute Gasteiger partial charge is 0.218 e. The third kappa shape index (κ3) is 2.39. The van der Waals surface area contributed by atoms with Crippen LogP contribution in [0.4, 0.5) is 0 Å². The molecule has 0 spiro atoms. The highest BCUT2D eigenvalue weighted by atomic mass is 32.2. The van der Waals surface area contributed by atoms with Crippen LogP contribution in [0.3, 0.4) is 0 Å². The first-order valence-corrected chi connectivity index (χ1v) is 9.97. The van der Waals surface area contributed by atoms with Crippen LogP contribution in [-0.4, -0.2) is 31.0 Å². The average molecular weight is 396 g/mol. The van der Waals surface area contributed by atoms with Crippen molar-refractivity contribution >= 4 is 73.2 Å². The van der Waals surface area contributed by atoms with Crippen LogP contribution in [0.25, 0.3) is 21.6 Å². The van der Waals surface area contributed by atoms with Crippen molar-refractivity contribution in [3.63, 3.8) is 0 Å². The molecule has 0 radical (unpaired) electrons. The molecular weight excluding hydrogens is 382 g/mol. The Labute approximate surface area is 154 Å². The second-order valence-electron chi connectivity index (χ2n) is 5.32. The first kappa shape index (κ1) is 16.1.